The first kappa shape index (κ1) is 17.4. The van der Waals surface area contributed by atoms with Gasteiger partial charge in [0.2, 0.25) is 5.91 Å². The minimum absolute atomic E-state index is 0.0953. The van der Waals surface area contributed by atoms with Crippen LogP contribution in [0.2, 0.25) is 0 Å². The second-order valence-corrected chi connectivity index (χ2v) is 6.93. The van der Waals surface area contributed by atoms with E-state index in [0.717, 1.165) is 27.0 Å². The Balaban J connectivity index is 1.63. The van der Waals surface area contributed by atoms with E-state index in [-0.39, 0.29) is 5.91 Å². The van der Waals surface area contributed by atoms with Crippen molar-refractivity contribution in [3.63, 3.8) is 0 Å². The summed E-state index contributed by atoms with van der Waals surface area (Å²) in [6, 6.07) is 15.9. The van der Waals surface area contributed by atoms with Crippen LogP contribution >= 0.6 is 15.9 Å². The molecule has 0 saturated carbocycles. The number of carbonyl (C=O) groups is 1. The molecule has 0 aliphatic heterocycles. The summed E-state index contributed by atoms with van der Waals surface area (Å²) in [7, 11) is 1.83. The third-order valence-electron chi connectivity index (χ3n) is 4.18. The van der Waals surface area contributed by atoms with Crippen molar-refractivity contribution in [2.45, 2.75) is 19.8 Å². The van der Waals surface area contributed by atoms with Gasteiger partial charge >= 0.3 is 0 Å². The molecule has 0 saturated heterocycles. The summed E-state index contributed by atoms with van der Waals surface area (Å²) in [5.41, 5.74) is 4.08. The van der Waals surface area contributed by atoms with Crippen molar-refractivity contribution in [2.75, 3.05) is 11.9 Å². The van der Waals surface area contributed by atoms with E-state index in [2.05, 4.69) is 21.0 Å². The van der Waals surface area contributed by atoms with Gasteiger partial charge in [-0.15, -0.1) is 0 Å². The zero-order chi connectivity index (χ0) is 17.8. The van der Waals surface area contributed by atoms with Gasteiger partial charge in [-0.25, -0.2) is 4.68 Å². The maximum absolute atomic E-state index is 12.5. The molecule has 128 valence electrons. The van der Waals surface area contributed by atoms with E-state index in [1.165, 1.54) is 0 Å². The first-order chi connectivity index (χ1) is 12.0. The van der Waals surface area contributed by atoms with E-state index in [1.54, 1.807) is 4.90 Å². The van der Waals surface area contributed by atoms with E-state index in [1.807, 2.05) is 79.6 Å². The molecule has 0 radical (unpaired) electrons. The number of para-hydroxylation sites is 1. The van der Waals surface area contributed by atoms with Crippen molar-refractivity contribution in [3.8, 4) is 5.69 Å². The van der Waals surface area contributed by atoms with Crippen LogP contribution in [0.1, 0.15) is 17.5 Å². The normalized spacial score (nSPS) is 10.7. The molecule has 25 heavy (non-hydrogen) atoms. The number of halogens is 1. The summed E-state index contributed by atoms with van der Waals surface area (Å²) in [5, 5.41) is 4.38. The van der Waals surface area contributed by atoms with Crippen LogP contribution in [0.4, 0.5) is 5.69 Å². The van der Waals surface area contributed by atoms with Crippen molar-refractivity contribution in [1.29, 1.82) is 0 Å². The Bertz CT molecular complexity index is 874. The zero-order valence-corrected chi connectivity index (χ0v) is 15.9. The highest BCUT2D eigenvalue weighted by Gasteiger charge is 2.13. The Hall–Kier alpha value is -2.40. The number of hydrogen-bond acceptors (Lipinski definition) is 2. The Morgan fingerprint density at radius 1 is 1.20 bits per heavy atom. The van der Waals surface area contributed by atoms with Gasteiger partial charge in [-0.1, -0.05) is 34.1 Å². The van der Waals surface area contributed by atoms with Gasteiger partial charge < -0.3 is 4.90 Å². The molecule has 3 aromatic rings. The molecule has 4 nitrogen and oxygen atoms in total. The third kappa shape index (κ3) is 4.17. The lowest BCUT2D eigenvalue weighted by molar-refractivity contribution is -0.118. The van der Waals surface area contributed by atoms with E-state index in [0.29, 0.717) is 12.8 Å². The van der Waals surface area contributed by atoms with E-state index in [4.69, 9.17) is 0 Å². The molecule has 0 atom stereocenters. The molecule has 0 fully saturated rings. The molecular weight excluding hydrogens is 378 g/mol. The lowest BCUT2D eigenvalue weighted by Gasteiger charge is -2.19. The molecule has 1 heterocycles. The van der Waals surface area contributed by atoms with Gasteiger partial charge in [0.15, 0.2) is 0 Å². The predicted molar refractivity (Wildman–Crippen MR) is 104 cm³/mol. The molecule has 0 unspecified atom stereocenters. The Morgan fingerprint density at radius 2 is 1.96 bits per heavy atom. The Morgan fingerprint density at radius 3 is 2.68 bits per heavy atom. The second kappa shape index (κ2) is 7.66. The Labute approximate surface area is 156 Å². The molecule has 1 aromatic heterocycles. The number of benzene rings is 2. The summed E-state index contributed by atoms with van der Waals surface area (Å²) in [6.07, 6.45) is 4.93. The molecule has 0 aliphatic carbocycles. The van der Waals surface area contributed by atoms with Gasteiger partial charge in [0.25, 0.3) is 0 Å². The number of anilines is 1. The number of aromatic nitrogens is 2. The monoisotopic (exact) mass is 397 g/mol. The second-order valence-electron chi connectivity index (χ2n) is 6.01. The standard InChI is InChI=1S/C20H20BrN3O/c1-15-12-17(21)9-10-19(15)23(2)20(25)11-8-16-13-22-24(14-16)18-6-4-3-5-7-18/h3-7,9-10,12-14H,8,11H2,1-2H3. The van der Waals surface area contributed by atoms with E-state index >= 15 is 0 Å². The lowest BCUT2D eigenvalue weighted by Crippen LogP contribution is -2.27. The van der Waals surface area contributed by atoms with E-state index in [9.17, 15) is 4.79 Å². The SMILES string of the molecule is Cc1cc(Br)ccc1N(C)C(=O)CCc1cnn(-c2ccccc2)c1. The highest BCUT2D eigenvalue weighted by atomic mass is 79.9. The van der Waals surface area contributed by atoms with Crippen LogP contribution in [-0.4, -0.2) is 22.7 Å². The number of carbonyl (C=O) groups excluding carboxylic acids is 1. The summed E-state index contributed by atoms with van der Waals surface area (Å²) < 4.78 is 2.85. The van der Waals surface area contributed by atoms with E-state index < -0.39 is 0 Å². The van der Waals surface area contributed by atoms with Crippen LogP contribution in [0, 0.1) is 6.92 Å². The predicted octanol–water partition coefficient (Wildman–Crippen LogP) is 4.54. The first-order valence-electron chi connectivity index (χ1n) is 8.16. The average Bonchev–Trinajstić information content (AvgIpc) is 3.09. The largest absolute Gasteiger partial charge is 0.315 e. The number of nitrogens with zero attached hydrogens (tertiary/aromatic N) is 3. The van der Waals surface area contributed by atoms with Gasteiger partial charge in [0.1, 0.15) is 0 Å². The summed E-state index contributed by atoms with van der Waals surface area (Å²) >= 11 is 3.45. The first-order valence-corrected chi connectivity index (χ1v) is 8.95. The maximum Gasteiger partial charge on any atom is 0.227 e. The number of amides is 1. The molecule has 0 aliphatic rings. The molecule has 0 N–H and O–H groups in total. The van der Waals surface area contributed by atoms with Crippen LogP contribution in [0.5, 0.6) is 0 Å². The van der Waals surface area contributed by atoms with Crippen molar-refractivity contribution < 1.29 is 4.79 Å². The zero-order valence-electron chi connectivity index (χ0n) is 14.3. The fourth-order valence-corrected chi connectivity index (χ4v) is 3.24. The molecular formula is C20H20BrN3O. The topological polar surface area (TPSA) is 38.1 Å². The number of aryl methyl sites for hydroxylation is 2. The van der Waals surface area contributed by atoms with Crippen LogP contribution in [-0.2, 0) is 11.2 Å². The summed E-state index contributed by atoms with van der Waals surface area (Å²) in [5.74, 6) is 0.0953. The highest BCUT2D eigenvalue weighted by molar-refractivity contribution is 9.10. The fraction of sp³-hybridized carbons (Fsp3) is 0.200. The minimum atomic E-state index is 0.0953. The fourth-order valence-electron chi connectivity index (χ4n) is 2.76. The molecule has 0 bridgehead atoms. The molecule has 0 spiro atoms. The van der Waals surface area contributed by atoms with Crippen LogP contribution in [0.3, 0.4) is 0 Å². The van der Waals surface area contributed by atoms with Crippen molar-refractivity contribution in [3.05, 3.63) is 76.5 Å². The highest BCUT2D eigenvalue weighted by Crippen LogP contribution is 2.23. The Kier molecular flexibility index (Phi) is 5.34. The van der Waals surface area contributed by atoms with Gasteiger partial charge in [0, 0.05) is 29.8 Å². The van der Waals surface area contributed by atoms with Crippen molar-refractivity contribution in [2.24, 2.45) is 0 Å². The van der Waals surface area contributed by atoms with Gasteiger partial charge in [-0.05, 0) is 54.8 Å². The van der Waals surface area contributed by atoms with Gasteiger partial charge in [-0.2, -0.15) is 5.10 Å². The molecule has 1 amide bonds. The molecule has 2 aromatic carbocycles. The van der Waals surface area contributed by atoms with Gasteiger partial charge in [0.05, 0.1) is 11.9 Å². The number of rotatable bonds is 5. The minimum Gasteiger partial charge on any atom is -0.315 e. The lowest BCUT2D eigenvalue weighted by atomic mass is 10.1. The summed E-state index contributed by atoms with van der Waals surface area (Å²) in [4.78, 5) is 14.2. The number of hydrogen-bond donors (Lipinski definition) is 0. The average molecular weight is 398 g/mol. The van der Waals surface area contributed by atoms with Gasteiger partial charge in [-0.3, -0.25) is 4.79 Å². The molecule has 3 rings (SSSR count). The van der Waals surface area contributed by atoms with Crippen LogP contribution in [0.15, 0.2) is 65.4 Å². The van der Waals surface area contributed by atoms with Crippen molar-refractivity contribution in [1.82, 2.24) is 9.78 Å². The van der Waals surface area contributed by atoms with Crippen LogP contribution < -0.4 is 4.90 Å². The quantitative estimate of drug-likeness (QED) is 0.633. The smallest absolute Gasteiger partial charge is 0.227 e. The van der Waals surface area contributed by atoms with Crippen LogP contribution in [0.25, 0.3) is 5.69 Å². The molecule has 5 heteroatoms. The maximum atomic E-state index is 12.5. The summed E-state index contributed by atoms with van der Waals surface area (Å²) in [6.45, 7) is 2.01. The third-order valence-corrected chi connectivity index (χ3v) is 4.67. The van der Waals surface area contributed by atoms with Crippen molar-refractivity contribution >= 4 is 27.5 Å².